The fraction of sp³-hybridized carbons (Fsp3) is 0.909. The second-order valence-corrected chi connectivity index (χ2v) is 4.83. The molecule has 0 radical (unpaired) electrons. The van der Waals surface area contributed by atoms with Crippen molar-refractivity contribution in [2.75, 3.05) is 27.4 Å². The summed E-state index contributed by atoms with van der Waals surface area (Å²) in [5.41, 5.74) is -1.71. The maximum Gasteiger partial charge on any atom is 0.509 e. The quantitative estimate of drug-likeness (QED) is 0.377. The van der Waals surface area contributed by atoms with Crippen molar-refractivity contribution in [3.05, 3.63) is 0 Å². The van der Waals surface area contributed by atoms with Gasteiger partial charge in [-0.15, -0.1) is 0 Å². The molecule has 0 aliphatic heterocycles. The van der Waals surface area contributed by atoms with Crippen LogP contribution in [0.5, 0.6) is 0 Å². The van der Waals surface area contributed by atoms with Crippen molar-refractivity contribution in [1.29, 1.82) is 0 Å². The molecule has 0 rings (SSSR count). The Bertz CT molecular complexity index is 226. The smallest absolute Gasteiger partial charge is 0.426 e. The first kappa shape index (κ1) is 17.1. The van der Waals surface area contributed by atoms with Gasteiger partial charge in [0.25, 0.3) is 0 Å². The minimum absolute atomic E-state index is 0.0909. The molecule has 0 aliphatic carbocycles. The second kappa shape index (κ2) is 7.52. The van der Waals surface area contributed by atoms with E-state index in [9.17, 15) is 4.79 Å². The van der Waals surface area contributed by atoms with Crippen molar-refractivity contribution in [2.24, 2.45) is 0 Å². The van der Waals surface area contributed by atoms with E-state index in [4.69, 9.17) is 19.2 Å². The Balaban J connectivity index is 4.16. The summed E-state index contributed by atoms with van der Waals surface area (Å²) in [6, 6.07) is 0. The zero-order chi connectivity index (χ0) is 14.2. The van der Waals surface area contributed by atoms with Gasteiger partial charge in [-0.05, 0) is 27.7 Å². The van der Waals surface area contributed by atoms with Gasteiger partial charge >= 0.3 is 6.16 Å². The predicted octanol–water partition coefficient (Wildman–Crippen LogP) is 1.85. The Hall–Kier alpha value is -0.890. The SMILES string of the molecule is COOCC(C)(C)OC(=O)OC(C)(C)COOC. The number of carbonyl (C=O) groups excluding carboxylic acids is 1. The maximum absolute atomic E-state index is 11.6. The summed E-state index contributed by atoms with van der Waals surface area (Å²) in [6.45, 7) is 6.87. The summed E-state index contributed by atoms with van der Waals surface area (Å²) in [5.74, 6) is 0. The summed E-state index contributed by atoms with van der Waals surface area (Å²) in [5, 5.41) is 0. The van der Waals surface area contributed by atoms with Crippen LogP contribution in [-0.2, 0) is 29.0 Å². The summed E-state index contributed by atoms with van der Waals surface area (Å²) >= 11 is 0. The highest BCUT2D eigenvalue weighted by atomic mass is 17.2. The number of hydrogen-bond acceptors (Lipinski definition) is 7. The molecule has 0 aliphatic rings. The lowest BCUT2D eigenvalue weighted by molar-refractivity contribution is -0.300. The van der Waals surface area contributed by atoms with Crippen LogP contribution in [0.2, 0.25) is 0 Å². The highest BCUT2D eigenvalue weighted by molar-refractivity contribution is 5.61. The van der Waals surface area contributed by atoms with Gasteiger partial charge in [0.05, 0.1) is 14.2 Å². The van der Waals surface area contributed by atoms with Gasteiger partial charge in [-0.2, -0.15) is 0 Å². The summed E-state index contributed by atoms with van der Waals surface area (Å²) in [7, 11) is 2.75. The zero-order valence-electron chi connectivity index (χ0n) is 11.8. The van der Waals surface area contributed by atoms with Crippen LogP contribution in [0.3, 0.4) is 0 Å². The fourth-order valence-corrected chi connectivity index (χ4v) is 0.933. The molecule has 0 spiro atoms. The first-order chi connectivity index (χ1) is 8.22. The minimum Gasteiger partial charge on any atom is -0.426 e. The van der Waals surface area contributed by atoms with Crippen LogP contribution in [-0.4, -0.2) is 44.8 Å². The van der Waals surface area contributed by atoms with E-state index in [1.54, 1.807) is 27.7 Å². The third-order valence-electron chi connectivity index (χ3n) is 1.77. The molecule has 0 aromatic carbocycles. The Labute approximate surface area is 107 Å². The van der Waals surface area contributed by atoms with Crippen LogP contribution in [0, 0.1) is 0 Å². The first-order valence-corrected chi connectivity index (χ1v) is 5.45. The van der Waals surface area contributed by atoms with Crippen molar-refractivity contribution in [3.8, 4) is 0 Å². The third kappa shape index (κ3) is 8.24. The van der Waals surface area contributed by atoms with Crippen LogP contribution < -0.4 is 0 Å². The van der Waals surface area contributed by atoms with Crippen molar-refractivity contribution >= 4 is 6.16 Å². The number of hydrogen-bond donors (Lipinski definition) is 0. The van der Waals surface area contributed by atoms with Crippen LogP contribution in [0.4, 0.5) is 4.79 Å². The normalized spacial score (nSPS) is 12.3. The van der Waals surface area contributed by atoms with E-state index in [2.05, 4.69) is 9.78 Å². The van der Waals surface area contributed by atoms with E-state index in [1.165, 1.54) is 14.2 Å². The molecule has 0 amide bonds. The Morgan fingerprint density at radius 2 is 1.17 bits per heavy atom. The molecule has 0 heterocycles. The lowest BCUT2D eigenvalue weighted by Gasteiger charge is -2.28. The topological polar surface area (TPSA) is 72.5 Å². The van der Waals surface area contributed by atoms with Crippen LogP contribution in [0.15, 0.2) is 0 Å². The molecule has 0 bridgehead atoms. The minimum atomic E-state index is -0.856. The monoisotopic (exact) mass is 266 g/mol. The van der Waals surface area contributed by atoms with Gasteiger partial charge in [-0.1, -0.05) is 0 Å². The van der Waals surface area contributed by atoms with Crippen LogP contribution in [0.25, 0.3) is 0 Å². The maximum atomic E-state index is 11.6. The Kier molecular flexibility index (Phi) is 7.15. The fourth-order valence-electron chi connectivity index (χ4n) is 0.933. The van der Waals surface area contributed by atoms with Gasteiger partial charge in [-0.3, -0.25) is 0 Å². The number of carbonyl (C=O) groups is 1. The van der Waals surface area contributed by atoms with Crippen molar-refractivity contribution in [3.63, 3.8) is 0 Å². The van der Waals surface area contributed by atoms with Gasteiger partial charge in [0.2, 0.25) is 0 Å². The van der Waals surface area contributed by atoms with Crippen molar-refractivity contribution in [1.82, 2.24) is 0 Å². The van der Waals surface area contributed by atoms with E-state index in [0.717, 1.165) is 0 Å². The number of rotatable bonds is 8. The average Bonchev–Trinajstić information content (AvgIpc) is 2.22. The Morgan fingerprint density at radius 1 is 0.833 bits per heavy atom. The first-order valence-electron chi connectivity index (χ1n) is 5.45. The molecule has 0 saturated carbocycles. The summed E-state index contributed by atoms with van der Waals surface area (Å²) in [6.07, 6.45) is -0.815. The van der Waals surface area contributed by atoms with Crippen molar-refractivity contribution in [2.45, 2.75) is 38.9 Å². The molecule has 0 unspecified atom stereocenters. The molecular formula is C11H22O7. The van der Waals surface area contributed by atoms with Crippen LogP contribution >= 0.6 is 0 Å². The second-order valence-electron chi connectivity index (χ2n) is 4.83. The average molecular weight is 266 g/mol. The molecule has 0 fully saturated rings. The van der Waals surface area contributed by atoms with E-state index < -0.39 is 17.4 Å². The van der Waals surface area contributed by atoms with Gasteiger partial charge in [0.1, 0.15) is 24.4 Å². The molecule has 0 saturated heterocycles. The molecule has 7 heteroatoms. The molecule has 0 N–H and O–H groups in total. The zero-order valence-corrected chi connectivity index (χ0v) is 11.8. The van der Waals surface area contributed by atoms with E-state index >= 15 is 0 Å². The molecule has 0 aromatic heterocycles. The Morgan fingerprint density at radius 3 is 1.44 bits per heavy atom. The molecule has 18 heavy (non-hydrogen) atoms. The van der Waals surface area contributed by atoms with E-state index in [1.807, 2.05) is 0 Å². The van der Waals surface area contributed by atoms with Crippen LogP contribution in [0.1, 0.15) is 27.7 Å². The highest BCUT2D eigenvalue weighted by Gasteiger charge is 2.30. The van der Waals surface area contributed by atoms with Gasteiger partial charge in [0, 0.05) is 0 Å². The van der Waals surface area contributed by atoms with E-state index in [-0.39, 0.29) is 13.2 Å². The largest absolute Gasteiger partial charge is 0.509 e. The van der Waals surface area contributed by atoms with Gasteiger partial charge in [-0.25, -0.2) is 24.3 Å². The lowest BCUT2D eigenvalue weighted by Crippen LogP contribution is -2.39. The van der Waals surface area contributed by atoms with Crippen molar-refractivity contribution < 1.29 is 33.8 Å². The molecule has 7 nitrogen and oxygen atoms in total. The highest BCUT2D eigenvalue weighted by Crippen LogP contribution is 2.16. The molecular weight excluding hydrogens is 244 g/mol. The standard InChI is InChI=1S/C11H22O7/c1-10(2,7-15-13-5)17-9(12)18-11(3,4)8-16-14-6/h7-8H2,1-6H3. The van der Waals surface area contributed by atoms with E-state index in [0.29, 0.717) is 0 Å². The number of ether oxygens (including phenoxy) is 2. The lowest BCUT2D eigenvalue weighted by atomic mass is 10.1. The van der Waals surface area contributed by atoms with Gasteiger partial charge < -0.3 is 9.47 Å². The molecule has 0 atom stereocenters. The third-order valence-corrected chi connectivity index (χ3v) is 1.77. The summed E-state index contributed by atoms with van der Waals surface area (Å²) in [4.78, 5) is 29.9. The molecule has 0 aromatic rings. The van der Waals surface area contributed by atoms with Gasteiger partial charge in [0.15, 0.2) is 0 Å². The summed E-state index contributed by atoms with van der Waals surface area (Å²) < 4.78 is 10.2. The predicted molar refractivity (Wildman–Crippen MR) is 61.6 cm³/mol. The molecule has 108 valence electrons.